The van der Waals surface area contributed by atoms with Gasteiger partial charge in [0.25, 0.3) is 0 Å². The van der Waals surface area contributed by atoms with Crippen molar-refractivity contribution in [2.45, 2.75) is 38.5 Å². The van der Waals surface area contributed by atoms with E-state index >= 15 is 0 Å². The molecule has 96 valence electrons. The smallest absolute Gasteiger partial charge is 0.0532 e. The maximum absolute atomic E-state index is 12.1. The van der Waals surface area contributed by atoms with E-state index in [0.717, 1.165) is 42.1 Å². The molecule has 0 fully saturated rings. The van der Waals surface area contributed by atoms with Crippen molar-refractivity contribution in [2.75, 3.05) is 18.8 Å². The first kappa shape index (κ1) is 14.4. The van der Waals surface area contributed by atoms with Crippen molar-refractivity contribution in [3.05, 3.63) is 29.3 Å². The molecule has 3 heteroatoms. The Balaban J connectivity index is 2.42. The van der Waals surface area contributed by atoms with Gasteiger partial charge in [-0.05, 0) is 51.4 Å². The van der Waals surface area contributed by atoms with Gasteiger partial charge in [-0.25, -0.2) is 0 Å². The van der Waals surface area contributed by atoms with Gasteiger partial charge >= 0.3 is 0 Å². The first-order valence-corrected chi connectivity index (χ1v) is 7.63. The molecule has 1 unspecified atom stereocenters. The summed E-state index contributed by atoms with van der Waals surface area (Å²) < 4.78 is 12.1. The Morgan fingerprint density at radius 2 is 2.00 bits per heavy atom. The molecule has 0 saturated heterocycles. The minimum Gasteiger partial charge on any atom is -0.317 e. The second kappa shape index (κ2) is 7.62. The summed E-state index contributed by atoms with van der Waals surface area (Å²) in [6.07, 6.45) is 2.13. The molecule has 1 rings (SSSR count). The third-order valence-corrected chi connectivity index (χ3v) is 4.29. The standard InChI is InChI=1S/C14H23NOS/c1-4-8-15-9-5-10-17(16)14-7-6-12(2)11-13(14)3/h6-7,11,15H,4-5,8-10H2,1-3H3. The molecular formula is C14H23NOS. The number of hydrogen-bond acceptors (Lipinski definition) is 2. The molecule has 0 aliphatic heterocycles. The molecule has 1 N–H and O–H groups in total. The molecule has 0 aromatic heterocycles. The van der Waals surface area contributed by atoms with Crippen molar-refractivity contribution in [1.29, 1.82) is 0 Å². The van der Waals surface area contributed by atoms with Crippen molar-refractivity contribution >= 4 is 10.8 Å². The van der Waals surface area contributed by atoms with Gasteiger partial charge in [-0.1, -0.05) is 24.6 Å². The van der Waals surface area contributed by atoms with E-state index in [0.29, 0.717) is 0 Å². The number of benzene rings is 1. The van der Waals surface area contributed by atoms with E-state index in [1.54, 1.807) is 0 Å². The lowest BCUT2D eigenvalue weighted by atomic mass is 10.2. The summed E-state index contributed by atoms with van der Waals surface area (Å²) in [5.74, 6) is 0.751. The first-order chi connectivity index (χ1) is 8.15. The quantitative estimate of drug-likeness (QED) is 0.757. The summed E-state index contributed by atoms with van der Waals surface area (Å²) >= 11 is 0. The summed E-state index contributed by atoms with van der Waals surface area (Å²) in [4.78, 5) is 0.992. The second-order valence-electron chi connectivity index (χ2n) is 4.42. The van der Waals surface area contributed by atoms with Crippen molar-refractivity contribution in [1.82, 2.24) is 5.32 Å². The van der Waals surface area contributed by atoms with Gasteiger partial charge in [0.05, 0.1) is 10.8 Å². The zero-order chi connectivity index (χ0) is 12.7. The first-order valence-electron chi connectivity index (χ1n) is 6.31. The van der Waals surface area contributed by atoms with E-state index < -0.39 is 10.8 Å². The van der Waals surface area contributed by atoms with Gasteiger partial charge in [-0.3, -0.25) is 4.21 Å². The average Bonchev–Trinajstić information content (AvgIpc) is 2.28. The fourth-order valence-electron chi connectivity index (χ4n) is 1.79. The molecule has 1 atom stereocenters. The van der Waals surface area contributed by atoms with Crippen LogP contribution < -0.4 is 5.32 Å². The van der Waals surface area contributed by atoms with E-state index in [1.807, 2.05) is 19.1 Å². The largest absolute Gasteiger partial charge is 0.317 e. The average molecular weight is 253 g/mol. The highest BCUT2D eigenvalue weighted by Crippen LogP contribution is 2.15. The zero-order valence-corrected chi connectivity index (χ0v) is 11.9. The highest BCUT2D eigenvalue weighted by Gasteiger charge is 2.06. The van der Waals surface area contributed by atoms with Crippen LogP contribution in [0.5, 0.6) is 0 Å². The van der Waals surface area contributed by atoms with Crippen LogP contribution in [0.2, 0.25) is 0 Å². The van der Waals surface area contributed by atoms with Gasteiger partial charge in [0.15, 0.2) is 0 Å². The maximum Gasteiger partial charge on any atom is 0.0532 e. The molecule has 2 nitrogen and oxygen atoms in total. The molecule has 0 aliphatic rings. The molecule has 0 radical (unpaired) electrons. The Kier molecular flexibility index (Phi) is 6.45. The lowest BCUT2D eigenvalue weighted by Crippen LogP contribution is -2.17. The Morgan fingerprint density at radius 3 is 2.65 bits per heavy atom. The molecule has 0 spiro atoms. The summed E-state index contributed by atoms with van der Waals surface area (Å²) in [6.45, 7) is 8.27. The van der Waals surface area contributed by atoms with Gasteiger partial charge in [0, 0.05) is 10.6 Å². The molecule has 0 heterocycles. The van der Waals surface area contributed by atoms with Crippen LogP contribution in [-0.4, -0.2) is 23.1 Å². The minimum absolute atomic E-state index is 0.751. The fourth-order valence-corrected chi connectivity index (χ4v) is 3.06. The SMILES string of the molecule is CCCNCCCS(=O)c1ccc(C)cc1C. The van der Waals surface area contributed by atoms with E-state index in [-0.39, 0.29) is 0 Å². The summed E-state index contributed by atoms with van der Waals surface area (Å²) in [6, 6.07) is 6.14. The van der Waals surface area contributed by atoms with Crippen molar-refractivity contribution in [2.24, 2.45) is 0 Å². The zero-order valence-electron chi connectivity index (χ0n) is 11.1. The topological polar surface area (TPSA) is 29.1 Å². The summed E-state index contributed by atoms with van der Waals surface area (Å²) in [5, 5.41) is 3.33. The van der Waals surface area contributed by atoms with Crippen LogP contribution in [0, 0.1) is 13.8 Å². The lowest BCUT2D eigenvalue weighted by molar-refractivity contribution is 0.652. The monoisotopic (exact) mass is 253 g/mol. The van der Waals surface area contributed by atoms with Crippen molar-refractivity contribution < 1.29 is 4.21 Å². The molecule has 0 amide bonds. The number of rotatable bonds is 7. The Bertz CT molecular complexity index is 376. The molecule has 17 heavy (non-hydrogen) atoms. The van der Waals surface area contributed by atoms with Gasteiger partial charge in [0.2, 0.25) is 0 Å². The minimum atomic E-state index is -0.849. The van der Waals surface area contributed by atoms with E-state index in [4.69, 9.17) is 0 Å². The highest BCUT2D eigenvalue weighted by atomic mass is 32.2. The van der Waals surface area contributed by atoms with Crippen LogP contribution in [-0.2, 0) is 10.8 Å². The molecule has 1 aromatic rings. The number of hydrogen-bond donors (Lipinski definition) is 1. The maximum atomic E-state index is 12.1. The Morgan fingerprint density at radius 1 is 1.24 bits per heavy atom. The highest BCUT2D eigenvalue weighted by molar-refractivity contribution is 7.85. The molecule has 1 aromatic carbocycles. The Hall–Kier alpha value is -0.670. The van der Waals surface area contributed by atoms with Crippen molar-refractivity contribution in [3.8, 4) is 0 Å². The van der Waals surface area contributed by atoms with E-state index in [1.165, 1.54) is 5.56 Å². The van der Waals surface area contributed by atoms with Crippen LogP contribution in [0.4, 0.5) is 0 Å². The normalized spacial score (nSPS) is 12.6. The molecule has 0 bridgehead atoms. The predicted molar refractivity (Wildman–Crippen MR) is 75.0 cm³/mol. The Labute approximate surface area is 107 Å². The molecule has 0 saturated carbocycles. The molecule has 0 aliphatic carbocycles. The number of nitrogens with one attached hydrogen (secondary N) is 1. The fraction of sp³-hybridized carbons (Fsp3) is 0.571. The van der Waals surface area contributed by atoms with Crippen LogP contribution >= 0.6 is 0 Å². The van der Waals surface area contributed by atoms with Crippen LogP contribution in [0.1, 0.15) is 30.9 Å². The third kappa shape index (κ3) is 5.00. The van der Waals surface area contributed by atoms with Gasteiger partial charge in [-0.2, -0.15) is 0 Å². The van der Waals surface area contributed by atoms with Gasteiger partial charge < -0.3 is 5.32 Å². The third-order valence-electron chi connectivity index (χ3n) is 2.69. The van der Waals surface area contributed by atoms with Gasteiger partial charge in [-0.15, -0.1) is 0 Å². The summed E-state index contributed by atoms with van der Waals surface area (Å²) in [5.41, 5.74) is 2.37. The van der Waals surface area contributed by atoms with E-state index in [2.05, 4.69) is 25.2 Å². The molecular weight excluding hydrogens is 230 g/mol. The van der Waals surface area contributed by atoms with Gasteiger partial charge in [0.1, 0.15) is 0 Å². The number of aryl methyl sites for hydroxylation is 2. The van der Waals surface area contributed by atoms with Crippen LogP contribution in [0.3, 0.4) is 0 Å². The van der Waals surface area contributed by atoms with Crippen molar-refractivity contribution in [3.63, 3.8) is 0 Å². The van der Waals surface area contributed by atoms with E-state index in [9.17, 15) is 4.21 Å². The van der Waals surface area contributed by atoms with Crippen LogP contribution in [0.25, 0.3) is 0 Å². The second-order valence-corrected chi connectivity index (χ2v) is 5.96. The predicted octanol–water partition coefficient (Wildman–Crippen LogP) is 2.80. The lowest BCUT2D eigenvalue weighted by Gasteiger charge is -2.07. The van der Waals surface area contributed by atoms with Crippen LogP contribution in [0.15, 0.2) is 23.1 Å². The summed E-state index contributed by atoms with van der Waals surface area (Å²) in [7, 11) is -0.849.